The molecule has 110 valence electrons. The van der Waals surface area contributed by atoms with Crippen LogP contribution in [0.4, 0.5) is 8.78 Å². The van der Waals surface area contributed by atoms with E-state index in [-0.39, 0.29) is 30.4 Å². The number of nitrogens with two attached hydrogens (primary N) is 1. The summed E-state index contributed by atoms with van der Waals surface area (Å²) in [5.41, 5.74) is 5.93. The highest BCUT2D eigenvalue weighted by atomic mass is 19.2. The molecule has 0 radical (unpaired) electrons. The molecule has 1 aliphatic rings. The van der Waals surface area contributed by atoms with Crippen molar-refractivity contribution in [3.63, 3.8) is 0 Å². The lowest BCUT2D eigenvalue weighted by Gasteiger charge is -2.35. The van der Waals surface area contributed by atoms with Gasteiger partial charge in [0.05, 0.1) is 0 Å². The van der Waals surface area contributed by atoms with Gasteiger partial charge in [0, 0.05) is 25.6 Å². The molecule has 20 heavy (non-hydrogen) atoms. The maximum Gasteiger partial charge on any atom is 0.223 e. The van der Waals surface area contributed by atoms with E-state index in [0.29, 0.717) is 13.1 Å². The van der Waals surface area contributed by atoms with Crippen molar-refractivity contribution in [2.45, 2.75) is 38.1 Å². The van der Waals surface area contributed by atoms with Crippen molar-refractivity contribution in [3.8, 4) is 0 Å². The van der Waals surface area contributed by atoms with Crippen LogP contribution in [0.2, 0.25) is 0 Å². The van der Waals surface area contributed by atoms with Gasteiger partial charge in [0.1, 0.15) is 0 Å². The van der Waals surface area contributed by atoms with Crippen LogP contribution in [0.1, 0.15) is 31.2 Å². The van der Waals surface area contributed by atoms with Gasteiger partial charge in [0.2, 0.25) is 5.91 Å². The molecule has 1 aliphatic heterocycles. The molecule has 1 atom stereocenters. The minimum absolute atomic E-state index is 0.0242. The molecule has 3 nitrogen and oxygen atoms in total. The number of aryl methyl sites for hydroxylation is 1. The monoisotopic (exact) mass is 282 g/mol. The van der Waals surface area contributed by atoms with Crippen LogP contribution in [0, 0.1) is 11.6 Å². The summed E-state index contributed by atoms with van der Waals surface area (Å²) in [6, 6.07) is 4.15. The second kappa shape index (κ2) is 6.79. The van der Waals surface area contributed by atoms with E-state index >= 15 is 0 Å². The van der Waals surface area contributed by atoms with Gasteiger partial charge in [0.15, 0.2) is 11.6 Å². The fourth-order valence-electron chi connectivity index (χ4n) is 2.70. The van der Waals surface area contributed by atoms with Crippen LogP contribution < -0.4 is 5.73 Å². The Morgan fingerprint density at radius 3 is 2.90 bits per heavy atom. The van der Waals surface area contributed by atoms with Crippen molar-refractivity contribution in [2.24, 2.45) is 5.73 Å². The van der Waals surface area contributed by atoms with Gasteiger partial charge in [0.25, 0.3) is 0 Å². The predicted molar refractivity (Wildman–Crippen MR) is 73.1 cm³/mol. The van der Waals surface area contributed by atoms with Crippen molar-refractivity contribution in [1.82, 2.24) is 4.90 Å². The van der Waals surface area contributed by atoms with Crippen molar-refractivity contribution in [1.29, 1.82) is 0 Å². The predicted octanol–water partition coefficient (Wildman–Crippen LogP) is 2.24. The van der Waals surface area contributed by atoms with E-state index in [1.54, 1.807) is 4.90 Å². The number of hydrogen-bond donors (Lipinski definition) is 1. The summed E-state index contributed by atoms with van der Waals surface area (Å²) in [7, 11) is 0. The lowest BCUT2D eigenvalue weighted by atomic mass is 10.0. The Kier molecular flexibility index (Phi) is 5.06. The Morgan fingerprint density at radius 2 is 2.15 bits per heavy atom. The largest absolute Gasteiger partial charge is 0.338 e. The molecule has 5 heteroatoms. The summed E-state index contributed by atoms with van der Waals surface area (Å²) < 4.78 is 26.6. The molecule has 1 unspecified atom stereocenters. The average molecular weight is 282 g/mol. The fraction of sp³-hybridized carbons (Fsp3) is 0.533. The quantitative estimate of drug-likeness (QED) is 0.920. The number of carbonyl (C=O) groups excluding carboxylic acids is 1. The Morgan fingerprint density at radius 1 is 1.35 bits per heavy atom. The Hall–Kier alpha value is -1.49. The molecule has 1 fully saturated rings. The van der Waals surface area contributed by atoms with Gasteiger partial charge in [-0.05, 0) is 37.3 Å². The van der Waals surface area contributed by atoms with Crippen LogP contribution in [0.3, 0.4) is 0 Å². The number of nitrogens with zero attached hydrogens (tertiary/aromatic N) is 1. The second-order valence-electron chi connectivity index (χ2n) is 5.19. The van der Waals surface area contributed by atoms with E-state index in [4.69, 9.17) is 5.73 Å². The zero-order valence-electron chi connectivity index (χ0n) is 11.4. The lowest BCUT2D eigenvalue weighted by molar-refractivity contribution is -0.134. The van der Waals surface area contributed by atoms with E-state index < -0.39 is 11.6 Å². The smallest absolute Gasteiger partial charge is 0.223 e. The van der Waals surface area contributed by atoms with Crippen molar-refractivity contribution < 1.29 is 13.6 Å². The minimum Gasteiger partial charge on any atom is -0.338 e. The molecule has 1 heterocycles. The Bertz CT molecular complexity index is 479. The highest BCUT2D eigenvalue weighted by Gasteiger charge is 2.25. The number of likely N-dealkylation sites (tertiary alicyclic amines) is 1. The van der Waals surface area contributed by atoms with Gasteiger partial charge in [-0.1, -0.05) is 12.1 Å². The average Bonchev–Trinajstić information content (AvgIpc) is 2.48. The molecular weight excluding hydrogens is 262 g/mol. The van der Waals surface area contributed by atoms with Crippen LogP contribution >= 0.6 is 0 Å². The Labute approximate surface area is 117 Å². The molecule has 0 aliphatic carbocycles. The summed E-state index contributed by atoms with van der Waals surface area (Å²) in [4.78, 5) is 14.0. The molecular formula is C15H20F2N2O. The van der Waals surface area contributed by atoms with E-state index in [1.807, 2.05) is 0 Å². The molecule has 2 N–H and O–H groups in total. The number of carbonyl (C=O) groups is 1. The molecule has 1 aromatic carbocycles. The number of halogens is 2. The first-order valence-electron chi connectivity index (χ1n) is 7.06. The highest BCUT2D eigenvalue weighted by Crippen LogP contribution is 2.19. The number of amides is 1. The van der Waals surface area contributed by atoms with Gasteiger partial charge in [-0.25, -0.2) is 8.78 Å². The summed E-state index contributed by atoms with van der Waals surface area (Å²) in [6.07, 6.45) is 3.41. The number of piperidine rings is 1. The molecule has 1 aromatic rings. The third-order valence-corrected chi connectivity index (χ3v) is 3.86. The van der Waals surface area contributed by atoms with Crippen LogP contribution in [0.5, 0.6) is 0 Å². The van der Waals surface area contributed by atoms with Crippen LogP contribution in [0.15, 0.2) is 18.2 Å². The van der Waals surface area contributed by atoms with Gasteiger partial charge < -0.3 is 10.6 Å². The number of benzene rings is 1. The van der Waals surface area contributed by atoms with Gasteiger partial charge >= 0.3 is 0 Å². The van der Waals surface area contributed by atoms with Crippen LogP contribution in [-0.4, -0.2) is 29.9 Å². The Balaban J connectivity index is 1.96. The standard InChI is InChI=1S/C15H20F2N2O/c16-13-6-3-4-11(15(13)17)7-8-14(20)19-9-2-1-5-12(19)10-18/h3-4,6,12H,1-2,5,7-10,18H2. The van der Waals surface area contributed by atoms with E-state index in [0.717, 1.165) is 25.3 Å². The summed E-state index contributed by atoms with van der Waals surface area (Å²) in [5, 5.41) is 0. The van der Waals surface area contributed by atoms with Crippen LogP contribution in [0.25, 0.3) is 0 Å². The highest BCUT2D eigenvalue weighted by molar-refractivity contribution is 5.77. The number of hydrogen-bond acceptors (Lipinski definition) is 2. The lowest BCUT2D eigenvalue weighted by Crippen LogP contribution is -2.47. The summed E-state index contributed by atoms with van der Waals surface area (Å²) in [5.74, 6) is -1.74. The van der Waals surface area contributed by atoms with Crippen molar-refractivity contribution >= 4 is 5.91 Å². The maximum absolute atomic E-state index is 13.5. The SMILES string of the molecule is NCC1CCCCN1C(=O)CCc1cccc(F)c1F. The molecule has 0 saturated carbocycles. The van der Waals surface area contributed by atoms with E-state index in [9.17, 15) is 13.6 Å². The first-order valence-corrected chi connectivity index (χ1v) is 7.06. The van der Waals surface area contributed by atoms with Gasteiger partial charge in [-0.3, -0.25) is 4.79 Å². The minimum atomic E-state index is -0.868. The van der Waals surface area contributed by atoms with Gasteiger partial charge in [-0.15, -0.1) is 0 Å². The zero-order valence-corrected chi connectivity index (χ0v) is 11.4. The van der Waals surface area contributed by atoms with Crippen LogP contribution in [-0.2, 0) is 11.2 Å². The molecule has 0 spiro atoms. The topological polar surface area (TPSA) is 46.3 Å². The normalized spacial score (nSPS) is 19.1. The van der Waals surface area contributed by atoms with E-state index in [2.05, 4.69) is 0 Å². The summed E-state index contributed by atoms with van der Waals surface area (Å²) in [6.45, 7) is 1.17. The molecule has 1 saturated heterocycles. The third-order valence-electron chi connectivity index (χ3n) is 3.86. The first-order chi connectivity index (χ1) is 9.63. The summed E-state index contributed by atoms with van der Waals surface area (Å²) >= 11 is 0. The zero-order chi connectivity index (χ0) is 14.5. The molecule has 2 rings (SSSR count). The molecule has 0 aromatic heterocycles. The van der Waals surface area contributed by atoms with Crippen molar-refractivity contribution in [3.05, 3.63) is 35.4 Å². The fourth-order valence-corrected chi connectivity index (χ4v) is 2.70. The van der Waals surface area contributed by atoms with Gasteiger partial charge in [-0.2, -0.15) is 0 Å². The number of rotatable bonds is 4. The van der Waals surface area contributed by atoms with Crippen molar-refractivity contribution in [2.75, 3.05) is 13.1 Å². The first kappa shape index (κ1) is 14.9. The second-order valence-corrected chi connectivity index (χ2v) is 5.19. The third kappa shape index (κ3) is 3.33. The molecule has 1 amide bonds. The molecule has 0 bridgehead atoms. The van der Waals surface area contributed by atoms with E-state index in [1.165, 1.54) is 12.1 Å². The maximum atomic E-state index is 13.5.